The summed E-state index contributed by atoms with van der Waals surface area (Å²) in [7, 11) is 1.78. The number of piperazine rings is 1. The number of aryl methyl sites for hydroxylation is 3. The first kappa shape index (κ1) is 16.8. The van der Waals surface area contributed by atoms with Gasteiger partial charge in [-0.3, -0.25) is 15.0 Å². The topological polar surface area (TPSA) is 80.3 Å². The van der Waals surface area contributed by atoms with Crippen LogP contribution in [0, 0.1) is 17.0 Å². The van der Waals surface area contributed by atoms with Crippen LogP contribution in [0.2, 0.25) is 0 Å². The molecule has 1 aliphatic heterocycles. The normalized spacial score (nSPS) is 15.9. The van der Waals surface area contributed by atoms with E-state index in [0.717, 1.165) is 43.4 Å². The Labute approximate surface area is 144 Å². The van der Waals surface area contributed by atoms with E-state index >= 15 is 0 Å². The minimum atomic E-state index is -0.300. The van der Waals surface area contributed by atoms with Gasteiger partial charge < -0.3 is 4.90 Å². The number of hydrogen-bond acceptors (Lipinski definition) is 7. The predicted octanol–water partition coefficient (Wildman–Crippen LogP) is 1.98. The smallest absolute Gasteiger partial charge is 0.334 e. The van der Waals surface area contributed by atoms with Crippen LogP contribution in [0.5, 0.6) is 0 Å². The second-order valence-corrected chi connectivity index (χ2v) is 7.04. The first-order valence-corrected chi connectivity index (χ1v) is 8.96. The van der Waals surface area contributed by atoms with Crippen LogP contribution < -0.4 is 4.90 Å². The van der Waals surface area contributed by atoms with Crippen molar-refractivity contribution < 1.29 is 4.92 Å². The van der Waals surface area contributed by atoms with Gasteiger partial charge in [-0.05, 0) is 13.3 Å². The van der Waals surface area contributed by atoms with E-state index in [2.05, 4.69) is 25.3 Å². The van der Waals surface area contributed by atoms with Crippen molar-refractivity contribution in [3.05, 3.63) is 31.9 Å². The van der Waals surface area contributed by atoms with Crippen molar-refractivity contribution >= 4 is 22.8 Å². The molecule has 1 aliphatic rings. The first-order chi connectivity index (χ1) is 11.5. The van der Waals surface area contributed by atoms with E-state index < -0.39 is 0 Å². The molecule has 0 saturated carbocycles. The SMILES string of the molecule is CCc1nn(C)c(N2CCN(Cc3csc(C)n3)CC2)c1[N+](=O)[O-]. The van der Waals surface area contributed by atoms with Crippen molar-refractivity contribution in [2.24, 2.45) is 7.05 Å². The van der Waals surface area contributed by atoms with Crippen LogP contribution in [0.4, 0.5) is 11.5 Å². The number of nitro groups is 1. The Morgan fingerprint density at radius 2 is 2.04 bits per heavy atom. The van der Waals surface area contributed by atoms with Gasteiger partial charge in [0.1, 0.15) is 5.69 Å². The lowest BCUT2D eigenvalue weighted by Gasteiger charge is -2.34. The van der Waals surface area contributed by atoms with Crippen molar-refractivity contribution in [1.29, 1.82) is 0 Å². The molecule has 0 spiro atoms. The third kappa shape index (κ3) is 3.27. The molecule has 0 bridgehead atoms. The monoisotopic (exact) mass is 350 g/mol. The Balaban J connectivity index is 1.70. The Morgan fingerprint density at radius 3 is 2.58 bits per heavy atom. The van der Waals surface area contributed by atoms with E-state index in [1.54, 1.807) is 23.1 Å². The highest BCUT2D eigenvalue weighted by molar-refractivity contribution is 7.09. The number of rotatable bonds is 5. The molecule has 9 heteroatoms. The maximum Gasteiger partial charge on any atom is 0.334 e. The standard InChI is InChI=1S/C15H22N6O2S/c1-4-13-14(21(22)23)15(18(3)17-13)20-7-5-19(6-8-20)9-12-10-24-11(2)16-12/h10H,4-9H2,1-3H3. The largest absolute Gasteiger partial charge is 0.349 e. The zero-order valence-corrected chi connectivity index (χ0v) is 15.0. The molecule has 2 aromatic rings. The zero-order valence-electron chi connectivity index (χ0n) is 14.2. The predicted molar refractivity (Wildman–Crippen MR) is 93.6 cm³/mol. The lowest BCUT2D eigenvalue weighted by molar-refractivity contribution is -0.384. The van der Waals surface area contributed by atoms with Gasteiger partial charge in [0, 0.05) is 45.2 Å². The Hall–Kier alpha value is -2.00. The highest BCUT2D eigenvalue weighted by Crippen LogP contribution is 2.32. The van der Waals surface area contributed by atoms with Gasteiger partial charge >= 0.3 is 5.69 Å². The zero-order chi connectivity index (χ0) is 17.3. The molecule has 1 saturated heterocycles. The van der Waals surface area contributed by atoms with E-state index in [-0.39, 0.29) is 10.6 Å². The van der Waals surface area contributed by atoms with Crippen molar-refractivity contribution in [2.45, 2.75) is 26.8 Å². The van der Waals surface area contributed by atoms with E-state index in [0.29, 0.717) is 17.9 Å². The molecule has 0 atom stereocenters. The number of thiazole rings is 1. The highest BCUT2D eigenvalue weighted by atomic mass is 32.1. The second-order valence-electron chi connectivity index (χ2n) is 5.97. The summed E-state index contributed by atoms with van der Waals surface area (Å²) in [5.74, 6) is 0.626. The lowest BCUT2D eigenvalue weighted by Crippen LogP contribution is -2.46. The highest BCUT2D eigenvalue weighted by Gasteiger charge is 2.31. The van der Waals surface area contributed by atoms with Gasteiger partial charge in [-0.15, -0.1) is 11.3 Å². The fraction of sp³-hybridized carbons (Fsp3) is 0.600. The van der Waals surface area contributed by atoms with Crippen molar-refractivity contribution in [2.75, 3.05) is 31.1 Å². The fourth-order valence-electron chi connectivity index (χ4n) is 3.17. The molecule has 1 fully saturated rings. The van der Waals surface area contributed by atoms with Crippen molar-refractivity contribution in [3.8, 4) is 0 Å². The fourth-order valence-corrected chi connectivity index (χ4v) is 3.77. The molecule has 0 N–H and O–H groups in total. The van der Waals surface area contributed by atoms with E-state index in [1.807, 2.05) is 13.8 Å². The third-order valence-electron chi connectivity index (χ3n) is 4.30. The molecular formula is C15H22N6O2S. The van der Waals surface area contributed by atoms with Crippen LogP contribution in [0.3, 0.4) is 0 Å². The van der Waals surface area contributed by atoms with Gasteiger partial charge in [0.2, 0.25) is 5.82 Å². The average Bonchev–Trinajstić information content (AvgIpc) is 3.11. The Bertz CT molecular complexity index is 732. The molecule has 2 aromatic heterocycles. The van der Waals surface area contributed by atoms with E-state index in [1.165, 1.54) is 0 Å². The van der Waals surface area contributed by atoms with Gasteiger partial charge in [0.05, 0.1) is 15.6 Å². The average molecular weight is 350 g/mol. The molecule has 0 aromatic carbocycles. The van der Waals surface area contributed by atoms with Gasteiger partial charge in [-0.1, -0.05) is 6.92 Å². The van der Waals surface area contributed by atoms with E-state index in [9.17, 15) is 10.1 Å². The molecule has 0 unspecified atom stereocenters. The van der Waals surface area contributed by atoms with Gasteiger partial charge in [-0.25, -0.2) is 9.67 Å². The van der Waals surface area contributed by atoms with Crippen LogP contribution in [-0.2, 0) is 20.0 Å². The first-order valence-electron chi connectivity index (χ1n) is 8.08. The molecule has 130 valence electrons. The number of nitrogens with zero attached hydrogens (tertiary/aromatic N) is 6. The van der Waals surface area contributed by atoms with Crippen molar-refractivity contribution in [3.63, 3.8) is 0 Å². The van der Waals surface area contributed by atoms with Crippen LogP contribution >= 0.6 is 11.3 Å². The molecule has 0 radical (unpaired) electrons. The molecule has 8 nitrogen and oxygen atoms in total. The Morgan fingerprint density at radius 1 is 1.33 bits per heavy atom. The number of aromatic nitrogens is 3. The summed E-state index contributed by atoms with van der Waals surface area (Å²) in [4.78, 5) is 20.1. The van der Waals surface area contributed by atoms with Crippen LogP contribution in [0.25, 0.3) is 0 Å². The van der Waals surface area contributed by atoms with E-state index in [4.69, 9.17) is 0 Å². The maximum atomic E-state index is 11.5. The summed E-state index contributed by atoms with van der Waals surface area (Å²) in [5, 5.41) is 19.0. The summed E-state index contributed by atoms with van der Waals surface area (Å²) in [6.07, 6.45) is 0.563. The Kier molecular flexibility index (Phi) is 4.81. The lowest BCUT2D eigenvalue weighted by atomic mass is 10.2. The minimum absolute atomic E-state index is 0.156. The maximum absolute atomic E-state index is 11.5. The summed E-state index contributed by atoms with van der Waals surface area (Å²) in [6, 6.07) is 0. The van der Waals surface area contributed by atoms with Crippen molar-refractivity contribution in [1.82, 2.24) is 19.7 Å². The van der Waals surface area contributed by atoms with Crippen LogP contribution in [0.15, 0.2) is 5.38 Å². The van der Waals surface area contributed by atoms with Crippen LogP contribution in [-0.4, -0.2) is 50.8 Å². The minimum Gasteiger partial charge on any atom is -0.349 e. The third-order valence-corrected chi connectivity index (χ3v) is 5.13. The quantitative estimate of drug-likeness (QED) is 0.606. The summed E-state index contributed by atoms with van der Waals surface area (Å²) < 4.78 is 1.65. The second kappa shape index (κ2) is 6.86. The summed E-state index contributed by atoms with van der Waals surface area (Å²) >= 11 is 1.67. The van der Waals surface area contributed by atoms with Crippen LogP contribution in [0.1, 0.15) is 23.3 Å². The number of anilines is 1. The summed E-state index contributed by atoms with van der Waals surface area (Å²) in [5.41, 5.74) is 1.81. The summed E-state index contributed by atoms with van der Waals surface area (Å²) in [6.45, 7) is 7.98. The van der Waals surface area contributed by atoms with Gasteiger partial charge in [0.25, 0.3) is 0 Å². The van der Waals surface area contributed by atoms with Gasteiger partial charge in [-0.2, -0.15) is 5.10 Å². The molecule has 24 heavy (non-hydrogen) atoms. The van der Waals surface area contributed by atoms with Gasteiger partial charge in [0.15, 0.2) is 0 Å². The number of hydrogen-bond donors (Lipinski definition) is 0. The molecule has 0 amide bonds. The molecule has 0 aliphatic carbocycles. The molecule has 3 heterocycles. The molecular weight excluding hydrogens is 328 g/mol. The molecule has 3 rings (SSSR count).